The van der Waals surface area contributed by atoms with E-state index < -0.39 is 4.92 Å². The topological polar surface area (TPSA) is 123 Å². The van der Waals surface area contributed by atoms with Gasteiger partial charge >= 0.3 is 0 Å². The molecule has 0 bridgehead atoms. The first-order valence-corrected chi connectivity index (χ1v) is 10.6. The van der Waals surface area contributed by atoms with Gasteiger partial charge in [-0.15, -0.1) is 0 Å². The SMILES string of the molecule is Cc1ccccc1-c1nc(CC(=O)N2CCN(C(=O)c3cccc([N+](=O)[O-])c3)C(C)C2)no1. The van der Waals surface area contributed by atoms with Gasteiger partial charge in [0, 0.05) is 48.9 Å². The molecule has 0 radical (unpaired) electrons. The number of nitrogens with zero attached hydrogens (tertiary/aromatic N) is 5. The first-order valence-electron chi connectivity index (χ1n) is 10.6. The molecule has 1 unspecified atom stereocenters. The molecule has 1 saturated heterocycles. The molecule has 2 amide bonds. The van der Waals surface area contributed by atoms with E-state index in [1.807, 2.05) is 38.1 Å². The number of hydrogen-bond donors (Lipinski definition) is 0. The number of hydrogen-bond acceptors (Lipinski definition) is 7. The number of amides is 2. The average molecular weight is 449 g/mol. The molecule has 170 valence electrons. The van der Waals surface area contributed by atoms with E-state index in [-0.39, 0.29) is 35.5 Å². The molecule has 1 aromatic heterocycles. The van der Waals surface area contributed by atoms with Gasteiger partial charge in [0.1, 0.15) is 0 Å². The first-order chi connectivity index (χ1) is 15.8. The van der Waals surface area contributed by atoms with Crippen LogP contribution in [-0.2, 0) is 11.2 Å². The minimum Gasteiger partial charge on any atom is -0.338 e. The lowest BCUT2D eigenvalue weighted by atomic mass is 10.1. The third-order valence-corrected chi connectivity index (χ3v) is 5.70. The van der Waals surface area contributed by atoms with Crippen LogP contribution < -0.4 is 0 Å². The number of piperazine rings is 1. The van der Waals surface area contributed by atoms with Crippen molar-refractivity contribution in [1.82, 2.24) is 19.9 Å². The lowest BCUT2D eigenvalue weighted by Gasteiger charge is -2.39. The van der Waals surface area contributed by atoms with Crippen LogP contribution in [0.5, 0.6) is 0 Å². The van der Waals surface area contributed by atoms with Crippen LogP contribution in [-0.4, -0.2) is 62.4 Å². The van der Waals surface area contributed by atoms with Crippen molar-refractivity contribution in [3.05, 3.63) is 75.6 Å². The van der Waals surface area contributed by atoms with Crippen molar-refractivity contribution >= 4 is 17.5 Å². The summed E-state index contributed by atoms with van der Waals surface area (Å²) in [6, 6.07) is 13.1. The smallest absolute Gasteiger partial charge is 0.270 e. The van der Waals surface area contributed by atoms with Crippen LogP contribution in [0.3, 0.4) is 0 Å². The van der Waals surface area contributed by atoms with Crippen molar-refractivity contribution in [3.63, 3.8) is 0 Å². The second-order valence-electron chi connectivity index (χ2n) is 8.00. The van der Waals surface area contributed by atoms with E-state index in [0.717, 1.165) is 11.1 Å². The highest BCUT2D eigenvalue weighted by molar-refractivity contribution is 5.95. The lowest BCUT2D eigenvalue weighted by Crippen LogP contribution is -2.55. The minimum absolute atomic E-state index is 0.000920. The molecular formula is C23H23N5O5. The van der Waals surface area contributed by atoms with Gasteiger partial charge in [-0.2, -0.15) is 4.98 Å². The molecule has 0 aliphatic carbocycles. The molecule has 3 aromatic rings. The van der Waals surface area contributed by atoms with Crippen LogP contribution in [0, 0.1) is 17.0 Å². The molecule has 10 nitrogen and oxygen atoms in total. The maximum Gasteiger partial charge on any atom is 0.270 e. The van der Waals surface area contributed by atoms with E-state index in [1.54, 1.807) is 15.9 Å². The van der Waals surface area contributed by atoms with Gasteiger partial charge in [0.25, 0.3) is 17.5 Å². The molecule has 1 atom stereocenters. The van der Waals surface area contributed by atoms with Gasteiger partial charge in [-0.25, -0.2) is 0 Å². The summed E-state index contributed by atoms with van der Waals surface area (Å²) >= 11 is 0. The fourth-order valence-electron chi connectivity index (χ4n) is 3.90. The third kappa shape index (κ3) is 4.74. The van der Waals surface area contributed by atoms with Gasteiger partial charge in [0.2, 0.25) is 5.91 Å². The maximum absolute atomic E-state index is 12.9. The average Bonchev–Trinajstić information content (AvgIpc) is 3.27. The van der Waals surface area contributed by atoms with E-state index in [4.69, 9.17) is 4.52 Å². The number of aryl methyl sites for hydroxylation is 1. The molecule has 0 saturated carbocycles. The second-order valence-corrected chi connectivity index (χ2v) is 8.00. The van der Waals surface area contributed by atoms with Crippen LogP contribution in [0.1, 0.15) is 28.7 Å². The number of rotatable bonds is 5. The van der Waals surface area contributed by atoms with Crippen molar-refractivity contribution in [2.45, 2.75) is 26.3 Å². The molecule has 4 rings (SSSR count). The molecule has 2 aromatic carbocycles. The summed E-state index contributed by atoms with van der Waals surface area (Å²) in [7, 11) is 0. The third-order valence-electron chi connectivity index (χ3n) is 5.70. The van der Waals surface area contributed by atoms with E-state index >= 15 is 0 Å². The molecule has 33 heavy (non-hydrogen) atoms. The Morgan fingerprint density at radius 2 is 1.97 bits per heavy atom. The monoisotopic (exact) mass is 449 g/mol. The quantitative estimate of drug-likeness (QED) is 0.433. The van der Waals surface area contributed by atoms with Crippen molar-refractivity contribution in [1.29, 1.82) is 0 Å². The van der Waals surface area contributed by atoms with Gasteiger partial charge in [-0.05, 0) is 31.5 Å². The summed E-state index contributed by atoms with van der Waals surface area (Å²) in [5, 5.41) is 14.9. The van der Waals surface area contributed by atoms with E-state index in [1.165, 1.54) is 18.2 Å². The van der Waals surface area contributed by atoms with Crippen LogP contribution in [0.2, 0.25) is 0 Å². The summed E-state index contributed by atoms with van der Waals surface area (Å²) in [5.41, 5.74) is 1.95. The predicted octanol–water partition coefficient (Wildman–Crippen LogP) is 2.87. The number of nitro benzene ring substituents is 1. The predicted molar refractivity (Wildman–Crippen MR) is 118 cm³/mol. The van der Waals surface area contributed by atoms with Gasteiger partial charge in [-0.1, -0.05) is 29.4 Å². The Kier molecular flexibility index (Phi) is 6.16. The van der Waals surface area contributed by atoms with Crippen LogP contribution in [0.4, 0.5) is 5.69 Å². The highest BCUT2D eigenvalue weighted by Gasteiger charge is 2.31. The Balaban J connectivity index is 1.38. The van der Waals surface area contributed by atoms with Crippen LogP contribution in [0.25, 0.3) is 11.5 Å². The molecular weight excluding hydrogens is 426 g/mol. The molecule has 0 spiro atoms. The van der Waals surface area contributed by atoms with Crippen molar-refractivity contribution in [3.8, 4) is 11.5 Å². The summed E-state index contributed by atoms with van der Waals surface area (Å²) in [5.74, 6) is 0.235. The normalized spacial score (nSPS) is 16.0. The largest absolute Gasteiger partial charge is 0.338 e. The van der Waals surface area contributed by atoms with Gasteiger partial charge in [0.05, 0.1) is 11.3 Å². The van der Waals surface area contributed by atoms with E-state index in [9.17, 15) is 19.7 Å². The number of carbonyl (C=O) groups is 2. The molecule has 2 heterocycles. The molecule has 10 heteroatoms. The van der Waals surface area contributed by atoms with E-state index in [0.29, 0.717) is 31.3 Å². The van der Waals surface area contributed by atoms with Crippen molar-refractivity contribution < 1.29 is 19.0 Å². The minimum atomic E-state index is -0.528. The van der Waals surface area contributed by atoms with Gasteiger partial charge in [-0.3, -0.25) is 19.7 Å². The summed E-state index contributed by atoms with van der Waals surface area (Å²) in [6.45, 7) is 4.82. The zero-order valence-electron chi connectivity index (χ0n) is 18.3. The number of aromatic nitrogens is 2. The standard InChI is InChI=1S/C23H23N5O5/c1-15-6-3-4-9-19(15)22-24-20(25-33-22)13-21(29)26-10-11-27(16(2)14-26)23(30)17-7-5-8-18(12-17)28(31)32/h3-9,12,16H,10-11,13-14H2,1-2H3. The van der Waals surface area contributed by atoms with E-state index in [2.05, 4.69) is 10.1 Å². The Morgan fingerprint density at radius 3 is 2.70 bits per heavy atom. The Bertz CT molecular complexity index is 1210. The molecule has 1 fully saturated rings. The zero-order valence-corrected chi connectivity index (χ0v) is 18.3. The van der Waals surface area contributed by atoms with Crippen LogP contribution in [0.15, 0.2) is 53.1 Å². The fourth-order valence-corrected chi connectivity index (χ4v) is 3.90. The summed E-state index contributed by atoms with van der Waals surface area (Å²) in [6.07, 6.45) is 0.000920. The van der Waals surface area contributed by atoms with Crippen molar-refractivity contribution in [2.75, 3.05) is 19.6 Å². The molecule has 1 aliphatic rings. The Morgan fingerprint density at radius 1 is 1.18 bits per heavy atom. The fraction of sp³-hybridized carbons (Fsp3) is 0.304. The number of non-ortho nitro benzene ring substituents is 1. The van der Waals surface area contributed by atoms with Crippen molar-refractivity contribution in [2.24, 2.45) is 0 Å². The maximum atomic E-state index is 12.9. The lowest BCUT2D eigenvalue weighted by molar-refractivity contribution is -0.384. The number of benzene rings is 2. The zero-order chi connectivity index (χ0) is 23.5. The molecule has 1 aliphatic heterocycles. The Hall–Kier alpha value is -4.08. The van der Waals surface area contributed by atoms with Crippen LogP contribution >= 0.6 is 0 Å². The van der Waals surface area contributed by atoms with Gasteiger partial charge in [0.15, 0.2) is 5.82 Å². The Labute approximate surface area is 190 Å². The summed E-state index contributed by atoms with van der Waals surface area (Å²) in [4.78, 5) is 43.8. The van der Waals surface area contributed by atoms with Gasteiger partial charge < -0.3 is 14.3 Å². The number of carbonyl (C=O) groups excluding carboxylic acids is 2. The highest BCUT2D eigenvalue weighted by Crippen LogP contribution is 2.22. The summed E-state index contributed by atoms with van der Waals surface area (Å²) < 4.78 is 5.33. The highest BCUT2D eigenvalue weighted by atomic mass is 16.6. The first kappa shape index (κ1) is 22.1. The molecule has 0 N–H and O–H groups in total. The second kappa shape index (κ2) is 9.19. The number of nitro groups is 1.